The molecule has 1 heteroatoms. The summed E-state index contributed by atoms with van der Waals surface area (Å²) in [6.45, 7) is 0. The Hall–Kier alpha value is -0.610. The second-order valence-electron chi connectivity index (χ2n) is 2.38. The van der Waals surface area contributed by atoms with Crippen LogP contribution in [0.15, 0.2) is 23.8 Å². The molecule has 0 nitrogen and oxygen atoms in total. The van der Waals surface area contributed by atoms with Crippen LogP contribution in [0.1, 0.15) is 12.8 Å². The lowest BCUT2D eigenvalue weighted by Crippen LogP contribution is -1.83. The van der Waals surface area contributed by atoms with Crippen molar-refractivity contribution in [2.75, 3.05) is 12.0 Å². The summed E-state index contributed by atoms with van der Waals surface area (Å²) in [4.78, 5) is 0. The van der Waals surface area contributed by atoms with Crippen molar-refractivity contribution in [3.8, 4) is 11.8 Å². The smallest absolute Gasteiger partial charge is 0.0275 e. The largest absolute Gasteiger partial charge is 0.161 e. The quantitative estimate of drug-likeness (QED) is 0.565. The van der Waals surface area contributed by atoms with Gasteiger partial charge in [-0.15, -0.1) is 0 Å². The van der Waals surface area contributed by atoms with Crippen LogP contribution in [0, 0.1) is 11.8 Å². The molecule has 11 heavy (non-hydrogen) atoms. The van der Waals surface area contributed by atoms with E-state index in [0.717, 1.165) is 18.6 Å². The van der Waals surface area contributed by atoms with Gasteiger partial charge in [0.2, 0.25) is 0 Å². The maximum Gasteiger partial charge on any atom is 0.0275 e. The average Bonchev–Trinajstić information content (AvgIpc) is 1.94. The van der Waals surface area contributed by atoms with Crippen LogP contribution in [0.3, 0.4) is 0 Å². The molecule has 58 valence electrons. The zero-order valence-electron chi connectivity index (χ0n) is 6.76. The predicted molar refractivity (Wildman–Crippen MR) is 52.6 cm³/mol. The molecule has 0 heterocycles. The molecule has 0 radical (unpaired) electrons. The van der Waals surface area contributed by atoms with E-state index < -0.39 is 0 Å². The van der Waals surface area contributed by atoms with E-state index in [9.17, 15) is 0 Å². The van der Waals surface area contributed by atoms with Gasteiger partial charge in [-0.25, -0.2) is 0 Å². The van der Waals surface area contributed by atoms with Crippen LogP contribution in [0.5, 0.6) is 0 Å². The van der Waals surface area contributed by atoms with Gasteiger partial charge < -0.3 is 0 Å². The highest BCUT2D eigenvalue weighted by molar-refractivity contribution is 7.98. The lowest BCUT2D eigenvalue weighted by Gasteiger charge is -1.98. The second kappa shape index (κ2) is 5.09. The van der Waals surface area contributed by atoms with Crippen LogP contribution in [0.25, 0.3) is 0 Å². The Kier molecular flexibility index (Phi) is 3.93. The fraction of sp³-hybridized carbons (Fsp3) is 0.400. The van der Waals surface area contributed by atoms with Gasteiger partial charge in [-0.05, 0) is 11.8 Å². The summed E-state index contributed by atoms with van der Waals surface area (Å²) in [6, 6.07) is 0. The summed E-state index contributed by atoms with van der Waals surface area (Å²) >= 11 is 1.86. The molecule has 0 saturated carbocycles. The molecule has 0 aromatic heterocycles. The Labute approximate surface area is 72.8 Å². The highest BCUT2D eigenvalue weighted by atomic mass is 32.2. The van der Waals surface area contributed by atoms with Crippen molar-refractivity contribution in [2.45, 2.75) is 12.8 Å². The first-order valence-corrected chi connectivity index (χ1v) is 5.13. The Balaban J connectivity index is 2.57. The van der Waals surface area contributed by atoms with E-state index in [2.05, 4.69) is 36.3 Å². The number of thioether (sulfide) groups is 1. The van der Waals surface area contributed by atoms with Crippen molar-refractivity contribution in [2.24, 2.45) is 0 Å². The first-order chi connectivity index (χ1) is 5.43. The van der Waals surface area contributed by atoms with Gasteiger partial charge in [-0.3, -0.25) is 0 Å². The Bertz CT molecular complexity index is 225. The number of allylic oxidation sites excluding steroid dienone is 3. The van der Waals surface area contributed by atoms with E-state index in [1.165, 1.54) is 5.57 Å². The van der Waals surface area contributed by atoms with Gasteiger partial charge in [0.15, 0.2) is 0 Å². The van der Waals surface area contributed by atoms with Crippen molar-refractivity contribution in [1.29, 1.82) is 0 Å². The Morgan fingerprint density at radius 3 is 3.09 bits per heavy atom. The summed E-state index contributed by atoms with van der Waals surface area (Å²) in [5.41, 5.74) is 1.41. The predicted octanol–water partition coefficient (Wildman–Crippen LogP) is 2.63. The molecule has 1 aliphatic rings. The van der Waals surface area contributed by atoms with Gasteiger partial charge in [0, 0.05) is 18.6 Å². The van der Waals surface area contributed by atoms with Crippen molar-refractivity contribution in [3.63, 3.8) is 0 Å². The van der Waals surface area contributed by atoms with Crippen molar-refractivity contribution < 1.29 is 0 Å². The van der Waals surface area contributed by atoms with Crippen molar-refractivity contribution in [1.82, 2.24) is 0 Å². The zero-order valence-corrected chi connectivity index (χ0v) is 7.58. The topological polar surface area (TPSA) is 0 Å². The van der Waals surface area contributed by atoms with Gasteiger partial charge in [0.05, 0.1) is 0 Å². The fourth-order valence-electron chi connectivity index (χ4n) is 0.937. The lowest BCUT2D eigenvalue weighted by atomic mass is 10.2. The summed E-state index contributed by atoms with van der Waals surface area (Å²) < 4.78 is 0. The molecule has 0 unspecified atom stereocenters. The second-order valence-corrected chi connectivity index (χ2v) is 3.24. The minimum absolute atomic E-state index is 0.908. The third-order valence-corrected chi connectivity index (χ3v) is 2.08. The maximum absolute atomic E-state index is 3.09. The summed E-state index contributed by atoms with van der Waals surface area (Å²) in [5.74, 6) is 7.26. The van der Waals surface area contributed by atoms with Crippen LogP contribution in [0.4, 0.5) is 0 Å². The molecule has 0 aromatic carbocycles. The minimum atomic E-state index is 0.908. The molecule has 0 aliphatic heterocycles. The molecule has 0 spiro atoms. The maximum atomic E-state index is 3.09. The molecule has 0 saturated heterocycles. The number of hydrogen-bond donors (Lipinski definition) is 0. The van der Waals surface area contributed by atoms with Crippen LogP contribution in [-0.2, 0) is 0 Å². The van der Waals surface area contributed by atoms with Gasteiger partial charge in [0.25, 0.3) is 0 Å². The summed E-state index contributed by atoms with van der Waals surface area (Å²) in [5, 5.41) is 0. The molecule has 0 aromatic rings. The summed E-state index contributed by atoms with van der Waals surface area (Å²) in [7, 11) is 0. The van der Waals surface area contributed by atoms with E-state index in [0.29, 0.717) is 0 Å². The van der Waals surface area contributed by atoms with Gasteiger partial charge in [0.1, 0.15) is 0 Å². The zero-order chi connectivity index (χ0) is 7.94. The van der Waals surface area contributed by atoms with E-state index in [1.807, 2.05) is 11.8 Å². The van der Waals surface area contributed by atoms with E-state index in [-0.39, 0.29) is 0 Å². The Morgan fingerprint density at radius 1 is 1.45 bits per heavy atom. The molecule has 0 amide bonds. The van der Waals surface area contributed by atoms with Crippen molar-refractivity contribution in [3.05, 3.63) is 23.8 Å². The van der Waals surface area contributed by atoms with E-state index in [1.54, 1.807) is 0 Å². The van der Waals surface area contributed by atoms with Crippen LogP contribution in [-0.4, -0.2) is 12.0 Å². The SMILES string of the molecule is CSCC1=CCC#CCC=C1. The first-order valence-electron chi connectivity index (χ1n) is 3.73. The molecular formula is C10H12S. The first kappa shape index (κ1) is 8.49. The standard InChI is InChI=1S/C10H12S/c1-11-9-10-7-5-3-2-4-6-8-10/h5,7-8H,3,6,9H2,1H3. The van der Waals surface area contributed by atoms with Gasteiger partial charge >= 0.3 is 0 Å². The highest BCUT2D eigenvalue weighted by Gasteiger charge is 1.90. The summed E-state index contributed by atoms with van der Waals surface area (Å²) in [6.07, 6.45) is 10.5. The highest BCUT2D eigenvalue weighted by Crippen LogP contribution is 2.08. The normalized spacial score (nSPS) is 15.9. The third kappa shape index (κ3) is 3.34. The third-order valence-electron chi connectivity index (χ3n) is 1.45. The number of hydrogen-bond acceptors (Lipinski definition) is 1. The Morgan fingerprint density at radius 2 is 2.27 bits per heavy atom. The molecule has 0 N–H and O–H groups in total. The van der Waals surface area contributed by atoms with E-state index in [4.69, 9.17) is 0 Å². The molecular weight excluding hydrogens is 152 g/mol. The molecule has 0 fully saturated rings. The monoisotopic (exact) mass is 164 g/mol. The van der Waals surface area contributed by atoms with Gasteiger partial charge in [-0.2, -0.15) is 11.8 Å². The van der Waals surface area contributed by atoms with Gasteiger partial charge in [-0.1, -0.05) is 30.1 Å². The number of rotatable bonds is 2. The lowest BCUT2D eigenvalue weighted by molar-refractivity contribution is 1.33. The molecule has 0 atom stereocenters. The van der Waals surface area contributed by atoms with Crippen molar-refractivity contribution >= 4 is 11.8 Å². The van der Waals surface area contributed by atoms with Crippen LogP contribution < -0.4 is 0 Å². The molecule has 0 bridgehead atoms. The fourth-order valence-corrected chi connectivity index (χ4v) is 1.48. The minimum Gasteiger partial charge on any atom is -0.161 e. The van der Waals surface area contributed by atoms with E-state index >= 15 is 0 Å². The molecule has 1 aliphatic carbocycles. The van der Waals surface area contributed by atoms with Crippen LogP contribution in [0.2, 0.25) is 0 Å². The van der Waals surface area contributed by atoms with Crippen LogP contribution >= 0.6 is 11.8 Å². The average molecular weight is 164 g/mol. The molecule has 1 rings (SSSR count).